The van der Waals surface area contributed by atoms with Gasteiger partial charge in [0.05, 0.1) is 6.61 Å². The number of ether oxygens (including phenoxy) is 2. The summed E-state index contributed by atoms with van der Waals surface area (Å²) in [6.45, 7) is 11.6. The average molecular weight is 312 g/mol. The maximum atomic E-state index is 11.5. The molecule has 0 aromatic rings. The second-order valence-corrected chi connectivity index (χ2v) is 7.22. The van der Waals surface area contributed by atoms with Crippen LogP contribution in [0.5, 0.6) is 0 Å². The Hall–Kier alpha value is -1.36. The first-order valence-corrected chi connectivity index (χ1v) is 7.72. The Morgan fingerprint density at radius 2 is 2.00 bits per heavy atom. The molecule has 5 nitrogen and oxygen atoms in total. The molecule has 0 aromatic carbocycles. The fourth-order valence-corrected chi connectivity index (χ4v) is 3.70. The minimum absolute atomic E-state index is 0.153. The molecule has 0 aliphatic carbocycles. The molecular weight excluding hydrogens is 284 g/mol. The van der Waals surface area contributed by atoms with Crippen molar-refractivity contribution in [3.05, 3.63) is 11.6 Å². The van der Waals surface area contributed by atoms with E-state index in [2.05, 4.69) is 20.8 Å². The van der Waals surface area contributed by atoms with Crippen molar-refractivity contribution >= 4 is 11.9 Å². The third-order valence-electron chi connectivity index (χ3n) is 4.62. The van der Waals surface area contributed by atoms with Gasteiger partial charge in [0.1, 0.15) is 12.7 Å². The predicted molar refractivity (Wildman–Crippen MR) is 83.0 cm³/mol. The van der Waals surface area contributed by atoms with E-state index in [1.807, 2.05) is 13.8 Å². The fourth-order valence-electron chi connectivity index (χ4n) is 3.70. The van der Waals surface area contributed by atoms with Crippen LogP contribution in [-0.4, -0.2) is 36.4 Å². The van der Waals surface area contributed by atoms with Crippen LogP contribution in [0.1, 0.15) is 48.0 Å². The van der Waals surface area contributed by atoms with Crippen molar-refractivity contribution < 1.29 is 24.2 Å². The maximum absolute atomic E-state index is 11.5. The summed E-state index contributed by atoms with van der Waals surface area (Å²) in [7, 11) is 0. The summed E-state index contributed by atoms with van der Waals surface area (Å²) < 4.78 is 10.4. The van der Waals surface area contributed by atoms with Gasteiger partial charge >= 0.3 is 11.9 Å². The van der Waals surface area contributed by atoms with E-state index in [1.54, 1.807) is 0 Å². The molecule has 22 heavy (non-hydrogen) atoms. The van der Waals surface area contributed by atoms with Crippen molar-refractivity contribution in [2.75, 3.05) is 13.2 Å². The Labute approximate surface area is 132 Å². The van der Waals surface area contributed by atoms with Crippen LogP contribution in [0.25, 0.3) is 0 Å². The van der Waals surface area contributed by atoms with E-state index in [1.165, 1.54) is 13.0 Å². The van der Waals surface area contributed by atoms with Crippen LogP contribution in [0.2, 0.25) is 0 Å². The highest BCUT2D eigenvalue weighted by atomic mass is 16.6. The number of aliphatic hydroxyl groups excluding tert-OH is 1. The average Bonchev–Trinajstić information content (AvgIpc) is 2.82. The molecule has 1 N–H and O–H groups in total. The summed E-state index contributed by atoms with van der Waals surface area (Å²) in [5.74, 6) is -0.908. The summed E-state index contributed by atoms with van der Waals surface area (Å²) in [4.78, 5) is 22.9. The number of rotatable bonds is 6. The van der Waals surface area contributed by atoms with Crippen molar-refractivity contribution in [1.29, 1.82) is 0 Å². The quantitative estimate of drug-likeness (QED) is 0.763. The summed E-state index contributed by atoms with van der Waals surface area (Å²) in [6, 6.07) is 0. The van der Waals surface area contributed by atoms with E-state index in [9.17, 15) is 14.7 Å². The number of aliphatic hydroxyl groups is 1. The van der Waals surface area contributed by atoms with Gasteiger partial charge in [-0.1, -0.05) is 34.6 Å². The molecule has 0 bridgehead atoms. The monoisotopic (exact) mass is 312 g/mol. The molecule has 1 rings (SSSR count). The first kappa shape index (κ1) is 18.7. The van der Waals surface area contributed by atoms with Crippen molar-refractivity contribution in [2.24, 2.45) is 16.7 Å². The van der Waals surface area contributed by atoms with Crippen LogP contribution in [0.15, 0.2) is 11.6 Å². The Morgan fingerprint density at radius 3 is 2.32 bits per heavy atom. The molecule has 0 fully saturated rings. The molecule has 0 saturated heterocycles. The van der Waals surface area contributed by atoms with Crippen LogP contribution in [0, 0.1) is 16.7 Å². The van der Waals surface area contributed by atoms with Crippen molar-refractivity contribution in [2.45, 2.75) is 54.1 Å². The normalized spacial score (nSPS) is 20.7. The van der Waals surface area contributed by atoms with Crippen LogP contribution >= 0.6 is 0 Å². The number of carbonyl (C=O) groups excluding carboxylic acids is 2. The topological polar surface area (TPSA) is 72.8 Å². The lowest BCUT2D eigenvalue weighted by Crippen LogP contribution is -2.48. The van der Waals surface area contributed by atoms with Gasteiger partial charge in [0.15, 0.2) is 0 Å². The van der Waals surface area contributed by atoms with Crippen LogP contribution in [0.3, 0.4) is 0 Å². The molecular formula is C17H28O5. The standard InChI is InChI=1S/C17H28O5/c1-7-17(6,12-8-14(20)21-10-12)15(16(3,4)5)13(9-18)22-11(2)19/h8,13,15,18H,7,9-10H2,1-6H3/t13-,15?,17-/m1/s1. The lowest BCUT2D eigenvalue weighted by molar-refractivity contribution is -0.159. The minimum Gasteiger partial charge on any atom is -0.460 e. The van der Waals surface area contributed by atoms with Gasteiger partial charge in [-0.3, -0.25) is 4.79 Å². The Kier molecular flexibility index (Phi) is 5.79. The zero-order chi connectivity index (χ0) is 17.1. The molecule has 0 amide bonds. The summed E-state index contributed by atoms with van der Waals surface area (Å²) in [5, 5.41) is 9.77. The third kappa shape index (κ3) is 3.88. The molecule has 0 aromatic heterocycles. The zero-order valence-electron chi connectivity index (χ0n) is 14.4. The molecule has 3 atom stereocenters. The van der Waals surface area contributed by atoms with Gasteiger partial charge in [-0.05, 0) is 22.8 Å². The van der Waals surface area contributed by atoms with Crippen molar-refractivity contribution in [3.63, 3.8) is 0 Å². The van der Waals surface area contributed by atoms with Crippen molar-refractivity contribution in [3.8, 4) is 0 Å². The second-order valence-electron chi connectivity index (χ2n) is 7.22. The first-order valence-electron chi connectivity index (χ1n) is 7.72. The number of esters is 2. The smallest absolute Gasteiger partial charge is 0.331 e. The van der Waals surface area contributed by atoms with E-state index in [-0.39, 0.29) is 30.5 Å². The van der Waals surface area contributed by atoms with Gasteiger partial charge in [0, 0.05) is 18.9 Å². The first-order chi connectivity index (χ1) is 10.1. The lowest BCUT2D eigenvalue weighted by Gasteiger charge is -2.48. The lowest BCUT2D eigenvalue weighted by atomic mass is 9.58. The predicted octanol–water partition coefficient (Wildman–Crippen LogP) is 2.47. The van der Waals surface area contributed by atoms with Crippen LogP contribution < -0.4 is 0 Å². The highest BCUT2D eigenvalue weighted by Crippen LogP contribution is 2.50. The van der Waals surface area contributed by atoms with E-state index in [0.717, 1.165) is 12.0 Å². The summed E-state index contributed by atoms with van der Waals surface area (Å²) in [5.41, 5.74) is 0.249. The van der Waals surface area contributed by atoms with Gasteiger partial charge < -0.3 is 14.6 Å². The fraction of sp³-hybridized carbons (Fsp3) is 0.765. The Bertz CT molecular complexity index is 460. The largest absolute Gasteiger partial charge is 0.460 e. The van der Waals surface area contributed by atoms with Gasteiger partial charge in [0.2, 0.25) is 0 Å². The molecule has 0 saturated carbocycles. The molecule has 0 spiro atoms. The van der Waals surface area contributed by atoms with E-state index < -0.39 is 17.5 Å². The second kappa shape index (κ2) is 6.82. The number of hydrogen-bond acceptors (Lipinski definition) is 5. The van der Waals surface area contributed by atoms with Crippen LogP contribution in [0.4, 0.5) is 0 Å². The number of cyclic esters (lactones) is 1. The summed E-state index contributed by atoms with van der Waals surface area (Å²) >= 11 is 0. The minimum atomic E-state index is -0.626. The molecule has 1 aliphatic heterocycles. The van der Waals surface area contributed by atoms with E-state index in [0.29, 0.717) is 0 Å². The van der Waals surface area contributed by atoms with Gasteiger partial charge in [-0.15, -0.1) is 0 Å². The Balaban J connectivity index is 3.31. The maximum Gasteiger partial charge on any atom is 0.331 e. The number of hydrogen-bond donors (Lipinski definition) is 1. The highest BCUT2D eigenvalue weighted by molar-refractivity contribution is 5.85. The SMILES string of the molecule is CC[C@](C)(C1=CC(=O)OC1)C([C@@H](CO)OC(C)=O)C(C)(C)C. The Morgan fingerprint density at radius 1 is 1.41 bits per heavy atom. The summed E-state index contributed by atoms with van der Waals surface area (Å²) in [6.07, 6.45) is 1.65. The van der Waals surface area contributed by atoms with Crippen molar-refractivity contribution in [1.82, 2.24) is 0 Å². The molecule has 126 valence electrons. The molecule has 1 heterocycles. The van der Waals surface area contributed by atoms with Gasteiger partial charge in [0.25, 0.3) is 0 Å². The highest BCUT2D eigenvalue weighted by Gasteiger charge is 2.49. The van der Waals surface area contributed by atoms with E-state index in [4.69, 9.17) is 9.47 Å². The van der Waals surface area contributed by atoms with Gasteiger partial charge in [-0.25, -0.2) is 4.79 Å². The van der Waals surface area contributed by atoms with Crippen LogP contribution in [-0.2, 0) is 19.1 Å². The third-order valence-corrected chi connectivity index (χ3v) is 4.62. The van der Waals surface area contributed by atoms with Gasteiger partial charge in [-0.2, -0.15) is 0 Å². The van der Waals surface area contributed by atoms with E-state index >= 15 is 0 Å². The molecule has 1 unspecified atom stereocenters. The zero-order valence-corrected chi connectivity index (χ0v) is 14.4. The molecule has 0 radical (unpaired) electrons. The molecule has 5 heteroatoms. The molecule has 1 aliphatic rings. The number of carbonyl (C=O) groups is 2.